The van der Waals surface area contributed by atoms with E-state index in [0.29, 0.717) is 0 Å². The number of hydrogen-bond donors (Lipinski definition) is 0. The van der Waals surface area contributed by atoms with Crippen molar-refractivity contribution in [2.45, 2.75) is 105 Å². The molecule has 184 valence electrons. The molecular formula is C20H44O8P2Zn. The second-order valence-corrected chi connectivity index (χ2v) is 9.88. The van der Waals surface area contributed by atoms with Crippen LogP contribution >= 0.6 is 15.6 Å². The summed E-state index contributed by atoms with van der Waals surface area (Å²) >= 11 is 0. The molecule has 0 aromatic heterocycles. The second kappa shape index (κ2) is 25.5. The van der Waals surface area contributed by atoms with Gasteiger partial charge in [-0.25, -0.2) is 0 Å². The van der Waals surface area contributed by atoms with Gasteiger partial charge in [0.15, 0.2) is 0 Å². The summed E-state index contributed by atoms with van der Waals surface area (Å²) < 4.78 is 41.0. The van der Waals surface area contributed by atoms with E-state index in [0.717, 1.165) is 77.0 Å². The summed E-state index contributed by atoms with van der Waals surface area (Å²) in [6.45, 7) is 9.11. The fourth-order valence-corrected chi connectivity index (χ4v) is 3.69. The topological polar surface area (TPSA) is 117 Å². The van der Waals surface area contributed by atoms with Gasteiger partial charge in [-0.15, -0.1) is 0 Å². The SMILES string of the molecule is CCCCCCOP(=O)([O-])OCCCC.CCCCCCOP(=O)([O-])OCCCC.[Zn+2]. The summed E-state index contributed by atoms with van der Waals surface area (Å²) in [6, 6.07) is 0. The normalized spacial score (nSPS) is 14.6. The van der Waals surface area contributed by atoms with Crippen molar-refractivity contribution in [2.24, 2.45) is 0 Å². The predicted octanol–water partition coefficient (Wildman–Crippen LogP) is 5.73. The molecule has 8 nitrogen and oxygen atoms in total. The van der Waals surface area contributed by atoms with E-state index in [1.54, 1.807) is 0 Å². The molecule has 0 aliphatic heterocycles. The van der Waals surface area contributed by atoms with Crippen LogP contribution in [-0.4, -0.2) is 26.4 Å². The van der Waals surface area contributed by atoms with Crippen molar-refractivity contribution in [3.8, 4) is 0 Å². The minimum atomic E-state index is -4.02. The van der Waals surface area contributed by atoms with Crippen molar-refractivity contribution in [3.63, 3.8) is 0 Å². The van der Waals surface area contributed by atoms with E-state index >= 15 is 0 Å². The molecule has 2 unspecified atom stereocenters. The van der Waals surface area contributed by atoms with E-state index in [1.165, 1.54) is 0 Å². The van der Waals surface area contributed by atoms with Gasteiger partial charge >= 0.3 is 19.5 Å². The van der Waals surface area contributed by atoms with Crippen LogP contribution in [0.2, 0.25) is 0 Å². The molecule has 0 saturated carbocycles. The van der Waals surface area contributed by atoms with Crippen LogP contribution in [0.5, 0.6) is 0 Å². The van der Waals surface area contributed by atoms with Crippen molar-refractivity contribution in [1.82, 2.24) is 0 Å². The van der Waals surface area contributed by atoms with Crippen molar-refractivity contribution in [3.05, 3.63) is 0 Å². The zero-order valence-electron chi connectivity index (χ0n) is 20.2. The fraction of sp³-hybridized carbons (Fsp3) is 1.00. The molecule has 0 bridgehead atoms. The van der Waals surface area contributed by atoms with Crippen molar-refractivity contribution < 1.29 is 56.5 Å². The molecule has 0 heterocycles. The van der Waals surface area contributed by atoms with Crippen LogP contribution in [0.4, 0.5) is 0 Å². The fourth-order valence-electron chi connectivity index (χ4n) is 2.13. The third-order valence-electron chi connectivity index (χ3n) is 3.99. The van der Waals surface area contributed by atoms with E-state index in [2.05, 4.69) is 22.9 Å². The molecule has 0 fully saturated rings. The minimum absolute atomic E-state index is 0. The van der Waals surface area contributed by atoms with Gasteiger partial charge in [0.05, 0.1) is 26.4 Å². The maximum atomic E-state index is 11.1. The van der Waals surface area contributed by atoms with Gasteiger partial charge in [0.2, 0.25) is 0 Å². The Labute approximate surface area is 203 Å². The number of phosphoric acid groups is 2. The van der Waals surface area contributed by atoms with Gasteiger partial charge in [0, 0.05) is 0 Å². The molecule has 0 aliphatic carbocycles. The molecule has 0 aliphatic rings. The van der Waals surface area contributed by atoms with Gasteiger partial charge in [0.1, 0.15) is 0 Å². The third kappa shape index (κ3) is 30.8. The smallest absolute Gasteiger partial charge is 0.756 e. The van der Waals surface area contributed by atoms with Crippen molar-refractivity contribution in [2.75, 3.05) is 26.4 Å². The summed E-state index contributed by atoms with van der Waals surface area (Å²) in [6.07, 6.45) is 11.4. The first-order valence-corrected chi connectivity index (χ1v) is 14.4. The van der Waals surface area contributed by atoms with Crippen LogP contribution in [-0.2, 0) is 46.7 Å². The van der Waals surface area contributed by atoms with Crippen LogP contribution < -0.4 is 9.79 Å². The first-order valence-electron chi connectivity index (χ1n) is 11.4. The van der Waals surface area contributed by atoms with Crippen molar-refractivity contribution >= 4 is 15.6 Å². The number of rotatable bonds is 20. The average molecular weight is 540 g/mol. The van der Waals surface area contributed by atoms with Gasteiger partial charge in [-0.2, -0.15) is 0 Å². The largest absolute Gasteiger partial charge is 2.00 e. The molecule has 0 rings (SSSR count). The number of phosphoric ester groups is 2. The average Bonchev–Trinajstić information content (AvgIpc) is 2.68. The van der Waals surface area contributed by atoms with Crippen LogP contribution in [0.25, 0.3) is 0 Å². The minimum Gasteiger partial charge on any atom is -0.756 e. The number of hydrogen-bond acceptors (Lipinski definition) is 8. The van der Waals surface area contributed by atoms with Gasteiger partial charge in [-0.05, 0) is 25.7 Å². The standard InChI is InChI=1S/2C10H23O4P.Zn/c2*1-3-5-7-8-10-14-15(11,12)13-9-6-4-2;/h2*3-10H2,1-2H3,(H,11,12);/q;;+2/p-2. The van der Waals surface area contributed by atoms with Gasteiger partial charge in [-0.3, -0.25) is 9.13 Å². The van der Waals surface area contributed by atoms with E-state index in [1.807, 2.05) is 13.8 Å². The first kappa shape index (κ1) is 36.4. The van der Waals surface area contributed by atoms with Gasteiger partial charge in [0.25, 0.3) is 15.6 Å². The molecule has 0 saturated heterocycles. The molecule has 2 atom stereocenters. The van der Waals surface area contributed by atoms with Crippen LogP contribution in [0.1, 0.15) is 105 Å². The Morgan fingerprint density at radius 3 is 1.00 bits per heavy atom. The molecule has 0 N–H and O–H groups in total. The van der Waals surface area contributed by atoms with E-state index in [9.17, 15) is 18.9 Å². The van der Waals surface area contributed by atoms with Gasteiger partial charge in [-0.1, -0.05) is 79.1 Å². The quantitative estimate of drug-likeness (QED) is 0.109. The summed E-state index contributed by atoms with van der Waals surface area (Å²) in [7, 11) is -8.04. The molecule has 0 amide bonds. The summed E-state index contributed by atoms with van der Waals surface area (Å²) in [5.74, 6) is 0. The number of unbranched alkanes of at least 4 members (excludes halogenated alkanes) is 8. The summed E-state index contributed by atoms with van der Waals surface area (Å²) in [5.41, 5.74) is 0. The summed E-state index contributed by atoms with van der Waals surface area (Å²) in [5, 5.41) is 0. The predicted molar refractivity (Wildman–Crippen MR) is 117 cm³/mol. The van der Waals surface area contributed by atoms with Crippen LogP contribution in [0.15, 0.2) is 0 Å². The zero-order valence-corrected chi connectivity index (χ0v) is 24.9. The Balaban J connectivity index is -0.000000490. The van der Waals surface area contributed by atoms with E-state index in [-0.39, 0.29) is 45.9 Å². The second-order valence-electron chi connectivity index (χ2n) is 7.06. The molecule has 31 heavy (non-hydrogen) atoms. The molecule has 0 aromatic rings. The maximum absolute atomic E-state index is 11.1. The summed E-state index contributed by atoms with van der Waals surface area (Å²) in [4.78, 5) is 22.2. The third-order valence-corrected chi connectivity index (χ3v) is 5.98. The molecular weight excluding hydrogens is 496 g/mol. The Hall–Kier alpha value is 0.843. The van der Waals surface area contributed by atoms with Crippen LogP contribution in [0.3, 0.4) is 0 Å². The maximum Gasteiger partial charge on any atom is 2.00 e. The van der Waals surface area contributed by atoms with Crippen molar-refractivity contribution in [1.29, 1.82) is 0 Å². The Morgan fingerprint density at radius 2 is 0.742 bits per heavy atom. The van der Waals surface area contributed by atoms with Crippen LogP contribution in [0, 0.1) is 0 Å². The van der Waals surface area contributed by atoms with Gasteiger partial charge < -0.3 is 27.9 Å². The first-order chi connectivity index (χ1) is 14.2. The molecule has 0 radical (unpaired) electrons. The Kier molecular flexibility index (Phi) is 29.9. The molecule has 0 spiro atoms. The monoisotopic (exact) mass is 538 g/mol. The Morgan fingerprint density at radius 1 is 0.484 bits per heavy atom. The molecule has 0 aromatic carbocycles. The van der Waals surface area contributed by atoms with E-state index < -0.39 is 15.6 Å². The molecule has 11 heteroatoms. The van der Waals surface area contributed by atoms with E-state index in [4.69, 9.17) is 9.05 Å². The Bertz CT molecular complexity index is 415. The zero-order chi connectivity index (χ0) is 23.1.